The van der Waals surface area contributed by atoms with Crippen LogP contribution in [0.4, 0.5) is 0 Å². The number of ketones is 1. The van der Waals surface area contributed by atoms with E-state index in [2.05, 4.69) is 6.92 Å². The first-order valence-electron chi connectivity index (χ1n) is 12.6. The Bertz CT molecular complexity index is 346. The van der Waals surface area contributed by atoms with Crippen LogP contribution in [0.15, 0.2) is 0 Å². The van der Waals surface area contributed by atoms with Gasteiger partial charge in [0, 0.05) is 0 Å². The molecule has 4 heteroatoms. The summed E-state index contributed by atoms with van der Waals surface area (Å²) in [6.45, 7) is 1.66. The summed E-state index contributed by atoms with van der Waals surface area (Å²) in [5.41, 5.74) is 0. The van der Waals surface area contributed by atoms with E-state index in [1.807, 2.05) is 0 Å². The first-order chi connectivity index (χ1) is 14.1. The summed E-state index contributed by atoms with van der Waals surface area (Å²) in [5, 5.41) is 27.5. The van der Waals surface area contributed by atoms with Gasteiger partial charge >= 0.3 is 0 Å². The number of hydrogen-bond acceptors (Lipinski definition) is 4. The van der Waals surface area contributed by atoms with Gasteiger partial charge in [0.15, 0.2) is 5.78 Å². The molecule has 0 aromatic carbocycles. The Morgan fingerprint density at radius 1 is 0.552 bits per heavy atom. The molecule has 174 valence electrons. The van der Waals surface area contributed by atoms with E-state index >= 15 is 0 Å². The molecule has 0 rings (SSSR count). The van der Waals surface area contributed by atoms with E-state index in [-0.39, 0.29) is 0 Å². The molecule has 0 amide bonds. The molecule has 0 fully saturated rings. The molecule has 0 radical (unpaired) electrons. The van der Waals surface area contributed by atoms with Gasteiger partial charge in [0.05, 0.1) is 6.61 Å². The fraction of sp³-hybridized carbons (Fsp3) is 0.960. The normalized spacial score (nSPS) is 13.5. The van der Waals surface area contributed by atoms with E-state index in [4.69, 9.17) is 5.11 Å². The molecule has 0 saturated heterocycles. The van der Waals surface area contributed by atoms with Crippen molar-refractivity contribution in [2.45, 2.75) is 148 Å². The lowest BCUT2D eigenvalue weighted by Crippen LogP contribution is -2.34. The SMILES string of the molecule is CCCCCCCCCCCCCCCCCCCCCC(O)C(=O)C(O)CO. The van der Waals surface area contributed by atoms with Gasteiger partial charge in [0.25, 0.3) is 0 Å². The number of hydrogen-bond donors (Lipinski definition) is 3. The Balaban J connectivity index is 3.18. The standard InChI is InChI=1S/C25H50O4/c1-2-3-4-5-6-7-8-9-10-11-12-13-14-15-16-17-18-19-20-21-23(27)25(29)24(28)22-26/h23-24,26-28H,2-22H2,1H3. The summed E-state index contributed by atoms with van der Waals surface area (Å²) in [4.78, 5) is 11.4. The Morgan fingerprint density at radius 3 is 1.17 bits per heavy atom. The van der Waals surface area contributed by atoms with E-state index in [1.54, 1.807) is 0 Å². The number of carbonyl (C=O) groups excluding carboxylic acids is 1. The lowest BCUT2D eigenvalue weighted by molar-refractivity contribution is -0.137. The molecule has 0 aromatic rings. The Labute approximate surface area is 180 Å². The molecule has 0 heterocycles. The zero-order valence-corrected chi connectivity index (χ0v) is 19.3. The average molecular weight is 415 g/mol. The lowest BCUT2D eigenvalue weighted by atomic mass is 10.0. The highest BCUT2D eigenvalue weighted by Gasteiger charge is 2.21. The van der Waals surface area contributed by atoms with Gasteiger partial charge in [0.1, 0.15) is 12.2 Å². The topological polar surface area (TPSA) is 77.8 Å². The molecular weight excluding hydrogens is 364 g/mol. The van der Waals surface area contributed by atoms with Crippen LogP contribution in [0, 0.1) is 0 Å². The molecule has 0 bridgehead atoms. The van der Waals surface area contributed by atoms with Gasteiger partial charge in [-0.15, -0.1) is 0 Å². The van der Waals surface area contributed by atoms with Crippen LogP contribution in [0.3, 0.4) is 0 Å². The number of rotatable bonds is 23. The number of aliphatic hydroxyl groups is 3. The van der Waals surface area contributed by atoms with Crippen LogP contribution in [-0.2, 0) is 4.79 Å². The largest absolute Gasteiger partial charge is 0.393 e. The van der Waals surface area contributed by atoms with Gasteiger partial charge in [-0.1, -0.05) is 129 Å². The molecule has 4 nitrogen and oxygen atoms in total. The second-order valence-corrected chi connectivity index (χ2v) is 8.77. The zero-order valence-electron chi connectivity index (χ0n) is 19.3. The van der Waals surface area contributed by atoms with Gasteiger partial charge in [0.2, 0.25) is 0 Å². The number of aliphatic hydroxyl groups excluding tert-OH is 3. The minimum absolute atomic E-state index is 0.384. The smallest absolute Gasteiger partial charge is 0.191 e. The number of carbonyl (C=O) groups is 1. The van der Waals surface area contributed by atoms with Crippen molar-refractivity contribution >= 4 is 5.78 Å². The van der Waals surface area contributed by atoms with E-state index < -0.39 is 24.6 Å². The number of unbranched alkanes of at least 4 members (excludes halogenated alkanes) is 18. The van der Waals surface area contributed by atoms with E-state index in [9.17, 15) is 15.0 Å². The lowest BCUT2D eigenvalue weighted by Gasteiger charge is -2.12. The Hall–Kier alpha value is -0.450. The monoisotopic (exact) mass is 414 g/mol. The fourth-order valence-electron chi connectivity index (χ4n) is 3.87. The van der Waals surface area contributed by atoms with E-state index in [0.717, 1.165) is 19.3 Å². The second-order valence-electron chi connectivity index (χ2n) is 8.77. The van der Waals surface area contributed by atoms with E-state index in [0.29, 0.717) is 6.42 Å². The maximum absolute atomic E-state index is 11.4. The number of Topliss-reactive ketones (excluding diaryl/α,β-unsaturated/α-hetero) is 1. The van der Waals surface area contributed by atoms with Crippen molar-refractivity contribution in [2.24, 2.45) is 0 Å². The third-order valence-electron chi connectivity index (χ3n) is 5.91. The van der Waals surface area contributed by atoms with Crippen molar-refractivity contribution in [3.05, 3.63) is 0 Å². The van der Waals surface area contributed by atoms with Crippen LogP contribution in [0.1, 0.15) is 135 Å². The summed E-state index contributed by atoms with van der Waals surface area (Å²) in [7, 11) is 0. The Kier molecular flexibility index (Phi) is 21.9. The van der Waals surface area contributed by atoms with Crippen LogP contribution >= 0.6 is 0 Å². The van der Waals surface area contributed by atoms with Crippen molar-refractivity contribution in [3.8, 4) is 0 Å². The summed E-state index contributed by atoms with van der Waals surface area (Å²) in [6, 6.07) is 0. The highest BCUT2D eigenvalue weighted by atomic mass is 16.3. The summed E-state index contributed by atoms with van der Waals surface area (Å²) in [6.07, 6.45) is 22.9. The summed E-state index contributed by atoms with van der Waals surface area (Å²) in [5.74, 6) is -0.657. The molecule has 0 spiro atoms. The molecular formula is C25H50O4. The minimum Gasteiger partial charge on any atom is -0.393 e. The van der Waals surface area contributed by atoms with Gasteiger partial charge in [-0.05, 0) is 6.42 Å². The van der Waals surface area contributed by atoms with E-state index in [1.165, 1.54) is 103 Å². The molecule has 0 saturated carbocycles. The molecule has 3 N–H and O–H groups in total. The summed E-state index contributed by atoms with van der Waals surface area (Å²) >= 11 is 0. The van der Waals surface area contributed by atoms with Gasteiger partial charge in [-0.25, -0.2) is 0 Å². The van der Waals surface area contributed by atoms with Crippen molar-refractivity contribution in [1.29, 1.82) is 0 Å². The quantitative estimate of drug-likeness (QED) is 0.177. The third-order valence-corrected chi connectivity index (χ3v) is 5.91. The maximum atomic E-state index is 11.4. The predicted octanol–water partition coefficient (Wildman–Crippen LogP) is 6.09. The molecule has 0 aliphatic heterocycles. The average Bonchev–Trinajstić information content (AvgIpc) is 2.74. The highest BCUT2D eigenvalue weighted by molar-refractivity contribution is 5.86. The van der Waals surface area contributed by atoms with Crippen LogP contribution in [0.2, 0.25) is 0 Å². The van der Waals surface area contributed by atoms with Crippen LogP contribution in [0.5, 0.6) is 0 Å². The molecule has 0 aliphatic carbocycles. The van der Waals surface area contributed by atoms with Crippen LogP contribution in [0.25, 0.3) is 0 Å². The molecule has 2 atom stereocenters. The van der Waals surface area contributed by atoms with Gasteiger partial charge < -0.3 is 15.3 Å². The summed E-state index contributed by atoms with van der Waals surface area (Å²) < 4.78 is 0. The van der Waals surface area contributed by atoms with Gasteiger partial charge in [-0.2, -0.15) is 0 Å². The zero-order chi connectivity index (χ0) is 21.6. The van der Waals surface area contributed by atoms with Crippen molar-refractivity contribution in [2.75, 3.05) is 6.61 Å². The third kappa shape index (κ3) is 19.3. The maximum Gasteiger partial charge on any atom is 0.191 e. The van der Waals surface area contributed by atoms with Crippen molar-refractivity contribution in [1.82, 2.24) is 0 Å². The van der Waals surface area contributed by atoms with Crippen molar-refractivity contribution < 1.29 is 20.1 Å². The predicted molar refractivity (Wildman–Crippen MR) is 122 cm³/mol. The van der Waals surface area contributed by atoms with Crippen LogP contribution in [-0.4, -0.2) is 39.9 Å². The molecule has 2 unspecified atom stereocenters. The van der Waals surface area contributed by atoms with Crippen molar-refractivity contribution in [3.63, 3.8) is 0 Å². The molecule has 0 aliphatic rings. The first kappa shape index (κ1) is 28.5. The fourth-order valence-corrected chi connectivity index (χ4v) is 3.87. The van der Waals surface area contributed by atoms with Crippen LogP contribution < -0.4 is 0 Å². The second kappa shape index (κ2) is 22.2. The van der Waals surface area contributed by atoms with Gasteiger partial charge in [-0.3, -0.25) is 4.79 Å². The Morgan fingerprint density at radius 2 is 0.862 bits per heavy atom. The molecule has 29 heavy (non-hydrogen) atoms. The highest BCUT2D eigenvalue weighted by Crippen LogP contribution is 2.15. The minimum atomic E-state index is -1.44. The molecule has 0 aromatic heterocycles. The first-order valence-corrected chi connectivity index (χ1v) is 12.6.